The summed E-state index contributed by atoms with van der Waals surface area (Å²) in [6.07, 6.45) is 5.08. The number of rotatable bonds is 0. The highest BCUT2D eigenvalue weighted by Crippen LogP contribution is 1.62. The van der Waals surface area contributed by atoms with Crippen LogP contribution in [0, 0.1) is 0 Å². The van der Waals surface area contributed by atoms with Crippen molar-refractivity contribution in [3.05, 3.63) is 18.7 Å². The molecule has 0 amide bonds. The molecule has 1 unspecified atom stereocenters. The maximum Gasteiger partial charge on any atom is 0.0919 e. The number of H-pyrrole nitrogens is 1. The minimum absolute atomic E-state index is 0. The van der Waals surface area contributed by atoms with Gasteiger partial charge < -0.3 is 4.98 Å². The summed E-state index contributed by atoms with van der Waals surface area (Å²) in [4.78, 5) is 6.42. The number of imidazole rings is 1. The summed E-state index contributed by atoms with van der Waals surface area (Å²) in [7, 11) is 0. The van der Waals surface area contributed by atoms with Crippen LogP contribution < -0.4 is 0 Å². The Morgan fingerprint density at radius 2 is 2.33 bits per heavy atom. The molecule has 3 heteroatoms. The maximum absolute atomic E-state index is 3.67. The third-order valence-corrected chi connectivity index (χ3v) is 0.406. The fourth-order valence-electron chi connectivity index (χ4n) is 0.215. The van der Waals surface area contributed by atoms with Crippen molar-refractivity contribution in [2.24, 2.45) is 0 Å². The summed E-state index contributed by atoms with van der Waals surface area (Å²) in [6, 6.07) is 0. The van der Waals surface area contributed by atoms with Gasteiger partial charge in [0.05, 0.1) is 6.33 Å². The van der Waals surface area contributed by atoms with Gasteiger partial charge in [-0.15, -0.1) is 0 Å². The molecular formula is C3H7N2P. The van der Waals surface area contributed by atoms with E-state index < -0.39 is 0 Å². The van der Waals surface area contributed by atoms with Crippen LogP contribution in [-0.2, 0) is 0 Å². The van der Waals surface area contributed by atoms with Crippen molar-refractivity contribution in [1.29, 1.82) is 0 Å². The number of aromatic nitrogens is 2. The predicted octanol–water partition coefficient (Wildman–Crippen LogP) is 0.468. The molecule has 0 saturated carbocycles. The lowest BCUT2D eigenvalue weighted by atomic mass is 11.0. The molecule has 0 fully saturated rings. The second kappa shape index (κ2) is 2.86. The molecule has 0 radical (unpaired) electrons. The number of hydrogen-bond donors (Lipinski definition) is 1. The monoisotopic (exact) mass is 102 g/mol. The van der Waals surface area contributed by atoms with Crippen LogP contribution in [0.4, 0.5) is 0 Å². The van der Waals surface area contributed by atoms with Gasteiger partial charge in [0.15, 0.2) is 0 Å². The zero-order valence-corrected chi connectivity index (χ0v) is 4.80. The molecule has 34 valence electrons. The standard InChI is InChI=1S/C3H4N2.H3P/c1-2-5-3-4-1;/h1-3H,(H,4,5);1H3. The van der Waals surface area contributed by atoms with Gasteiger partial charge in [-0.25, -0.2) is 4.98 Å². The lowest BCUT2D eigenvalue weighted by Gasteiger charge is -1.46. The van der Waals surface area contributed by atoms with Crippen LogP contribution in [0.25, 0.3) is 0 Å². The second-order valence-electron chi connectivity index (χ2n) is 0.761. The van der Waals surface area contributed by atoms with E-state index in [0.717, 1.165) is 0 Å². The first-order valence-corrected chi connectivity index (χ1v) is 1.43. The first-order valence-electron chi connectivity index (χ1n) is 1.43. The number of hydrogen-bond acceptors (Lipinski definition) is 1. The zero-order valence-electron chi connectivity index (χ0n) is 3.39. The van der Waals surface area contributed by atoms with E-state index in [1.807, 2.05) is 0 Å². The summed E-state index contributed by atoms with van der Waals surface area (Å²) in [6.45, 7) is 0. The van der Waals surface area contributed by atoms with Crippen molar-refractivity contribution in [3.8, 4) is 0 Å². The van der Waals surface area contributed by atoms with Gasteiger partial charge in [-0.05, 0) is 0 Å². The van der Waals surface area contributed by atoms with Crippen molar-refractivity contribution in [2.45, 2.75) is 0 Å². The van der Waals surface area contributed by atoms with E-state index in [4.69, 9.17) is 0 Å². The first-order chi connectivity index (χ1) is 2.50. The average Bonchev–Trinajstić information content (AvgIpc) is 1.76. The van der Waals surface area contributed by atoms with Gasteiger partial charge in [-0.2, -0.15) is 9.90 Å². The Balaban J connectivity index is 0.000000250. The predicted molar refractivity (Wildman–Crippen MR) is 29.7 cm³/mol. The van der Waals surface area contributed by atoms with Crippen LogP contribution in [0.3, 0.4) is 0 Å². The minimum Gasteiger partial charge on any atom is -0.351 e. The van der Waals surface area contributed by atoms with E-state index in [2.05, 4.69) is 9.97 Å². The topological polar surface area (TPSA) is 28.7 Å². The van der Waals surface area contributed by atoms with Crippen LogP contribution in [0.15, 0.2) is 18.7 Å². The number of aromatic amines is 1. The summed E-state index contributed by atoms with van der Waals surface area (Å²) < 4.78 is 0. The molecule has 6 heavy (non-hydrogen) atoms. The fourth-order valence-corrected chi connectivity index (χ4v) is 0.215. The molecule has 0 aliphatic heterocycles. The normalized spacial score (nSPS) is 6.67. The van der Waals surface area contributed by atoms with Crippen molar-refractivity contribution in [3.63, 3.8) is 0 Å². The molecule has 1 aromatic heterocycles. The molecule has 0 aliphatic rings. The second-order valence-corrected chi connectivity index (χ2v) is 0.761. The highest BCUT2D eigenvalue weighted by molar-refractivity contribution is 6.92. The van der Waals surface area contributed by atoms with Crippen LogP contribution in [0.5, 0.6) is 0 Å². The molecule has 1 atom stereocenters. The van der Waals surface area contributed by atoms with Crippen LogP contribution in [0.2, 0.25) is 0 Å². The smallest absolute Gasteiger partial charge is 0.0919 e. The van der Waals surface area contributed by atoms with Crippen LogP contribution in [0.1, 0.15) is 0 Å². The Morgan fingerprint density at radius 3 is 2.50 bits per heavy atom. The van der Waals surface area contributed by atoms with Crippen molar-refractivity contribution in [2.75, 3.05) is 0 Å². The van der Waals surface area contributed by atoms with E-state index in [1.165, 1.54) is 0 Å². The van der Waals surface area contributed by atoms with E-state index in [1.54, 1.807) is 18.7 Å². The zero-order chi connectivity index (χ0) is 3.54. The summed E-state index contributed by atoms with van der Waals surface area (Å²) >= 11 is 0. The minimum atomic E-state index is 0. The molecule has 0 aliphatic carbocycles. The van der Waals surface area contributed by atoms with Crippen molar-refractivity contribution >= 4 is 9.90 Å². The molecule has 1 aromatic rings. The van der Waals surface area contributed by atoms with Gasteiger partial charge in [0.1, 0.15) is 0 Å². The SMILES string of the molecule is P.c1c[nH]cn1. The van der Waals surface area contributed by atoms with E-state index in [9.17, 15) is 0 Å². The number of nitrogens with one attached hydrogen (secondary N) is 1. The Morgan fingerprint density at radius 1 is 1.50 bits per heavy atom. The molecule has 0 spiro atoms. The van der Waals surface area contributed by atoms with Crippen molar-refractivity contribution in [1.82, 2.24) is 9.97 Å². The summed E-state index contributed by atoms with van der Waals surface area (Å²) in [5.74, 6) is 0. The Labute approximate surface area is 39.6 Å². The molecule has 0 bridgehead atoms. The van der Waals surface area contributed by atoms with Gasteiger partial charge in [0, 0.05) is 12.4 Å². The number of nitrogens with zero attached hydrogens (tertiary/aromatic N) is 1. The third-order valence-electron chi connectivity index (χ3n) is 0.406. The van der Waals surface area contributed by atoms with Gasteiger partial charge >= 0.3 is 0 Å². The van der Waals surface area contributed by atoms with Gasteiger partial charge in [0.2, 0.25) is 0 Å². The molecule has 2 nitrogen and oxygen atoms in total. The van der Waals surface area contributed by atoms with E-state index in [-0.39, 0.29) is 9.90 Å². The maximum atomic E-state index is 3.67. The molecule has 1 heterocycles. The third kappa shape index (κ3) is 1.18. The van der Waals surface area contributed by atoms with Gasteiger partial charge in [0.25, 0.3) is 0 Å². The average molecular weight is 102 g/mol. The molecule has 1 rings (SSSR count). The Hall–Kier alpha value is -0.360. The lowest BCUT2D eigenvalue weighted by Crippen LogP contribution is -1.44. The first kappa shape index (κ1) is 5.64. The molecule has 1 N–H and O–H groups in total. The molecule has 0 aromatic carbocycles. The lowest BCUT2D eigenvalue weighted by molar-refractivity contribution is 1.31. The molecular weight excluding hydrogens is 95.0 g/mol. The van der Waals surface area contributed by atoms with Crippen LogP contribution >= 0.6 is 9.90 Å². The Bertz CT molecular complexity index is 65.3. The largest absolute Gasteiger partial charge is 0.351 e. The highest BCUT2D eigenvalue weighted by atomic mass is 31.0. The fraction of sp³-hybridized carbons (Fsp3) is 0. The summed E-state index contributed by atoms with van der Waals surface area (Å²) in [5.41, 5.74) is 0. The quantitative estimate of drug-likeness (QED) is 0.474. The van der Waals surface area contributed by atoms with Crippen molar-refractivity contribution < 1.29 is 0 Å². The van der Waals surface area contributed by atoms with Gasteiger partial charge in [-0.3, -0.25) is 0 Å². The molecule has 0 saturated heterocycles. The van der Waals surface area contributed by atoms with E-state index in [0.29, 0.717) is 0 Å². The Kier molecular flexibility index (Phi) is 2.68. The highest BCUT2D eigenvalue weighted by Gasteiger charge is 1.56. The van der Waals surface area contributed by atoms with E-state index >= 15 is 0 Å². The van der Waals surface area contributed by atoms with Crippen LogP contribution in [-0.4, -0.2) is 9.97 Å². The summed E-state index contributed by atoms with van der Waals surface area (Å²) in [5, 5.41) is 0. The van der Waals surface area contributed by atoms with Gasteiger partial charge in [-0.1, -0.05) is 0 Å².